The Bertz CT molecular complexity index is 823. The van der Waals surface area contributed by atoms with Gasteiger partial charge >= 0.3 is 12.1 Å². The van der Waals surface area contributed by atoms with Crippen LogP contribution >= 0.6 is 0 Å². The van der Waals surface area contributed by atoms with E-state index in [0.29, 0.717) is 5.69 Å². The summed E-state index contributed by atoms with van der Waals surface area (Å²) in [4.78, 5) is 26.6. The van der Waals surface area contributed by atoms with Gasteiger partial charge < -0.3 is 9.47 Å². The van der Waals surface area contributed by atoms with Crippen molar-refractivity contribution in [2.24, 2.45) is 0 Å². The quantitative estimate of drug-likeness (QED) is 0.715. The largest absolute Gasteiger partial charge is 0.467 e. The molecule has 0 saturated heterocycles. The van der Waals surface area contributed by atoms with Gasteiger partial charge in [-0.25, -0.2) is 9.59 Å². The fourth-order valence-electron chi connectivity index (χ4n) is 2.84. The molecule has 0 heterocycles. The third-order valence-electron chi connectivity index (χ3n) is 4.12. The number of para-hydroxylation sites is 1. The lowest BCUT2D eigenvalue weighted by atomic mass is 9.98. The molecule has 0 aliphatic carbocycles. The molecular weight excluding hydrogens is 342 g/mol. The smallest absolute Gasteiger partial charge is 0.415 e. The maximum absolute atomic E-state index is 13.0. The Labute approximate surface area is 160 Å². The average molecular weight is 369 g/mol. The van der Waals surface area contributed by atoms with Gasteiger partial charge in [-0.05, 0) is 51.8 Å². The van der Waals surface area contributed by atoms with Crippen molar-refractivity contribution >= 4 is 17.7 Å². The molecular formula is C22H27NO4. The maximum Gasteiger partial charge on any atom is 0.415 e. The number of benzene rings is 2. The van der Waals surface area contributed by atoms with Crippen LogP contribution in [0.4, 0.5) is 10.5 Å². The summed E-state index contributed by atoms with van der Waals surface area (Å²) >= 11 is 0. The predicted octanol–water partition coefficient (Wildman–Crippen LogP) is 4.97. The van der Waals surface area contributed by atoms with E-state index in [1.807, 2.05) is 55.5 Å². The van der Waals surface area contributed by atoms with Gasteiger partial charge in [0.2, 0.25) is 0 Å². The standard InChI is InChI=1S/C22H27NO4/c1-15-11-7-8-12-17(15)18-13-9-10-14-19(18)23(16(2)20(24)26-6)21(25)27-22(3,4)5/h7-14,16H,1-6H3/t16-/m0/s1. The summed E-state index contributed by atoms with van der Waals surface area (Å²) in [5, 5.41) is 0. The number of amides is 1. The van der Waals surface area contributed by atoms with Crippen LogP contribution in [0.2, 0.25) is 0 Å². The molecule has 2 aromatic carbocycles. The Hall–Kier alpha value is -2.82. The molecule has 0 unspecified atom stereocenters. The van der Waals surface area contributed by atoms with Crippen molar-refractivity contribution in [3.05, 3.63) is 54.1 Å². The second-order valence-corrected chi connectivity index (χ2v) is 7.38. The summed E-state index contributed by atoms with van der Waals surface area (Å²) in [6.45, 7) is 9.01. The number of nitrogens with zero attached hydrogens (tertiary/aromatic N) is 1. The van der Waals surface area contributed by atoms with Gasteiger partial charge in [0.15, 0.2) is 0 Å². The second kappa shape index (κ2) is 8.25. The number of methoxy groups -OCH3 is 1. The van der Waals surface area contributed by atoms with Gasteiger partial charge in [-0.3, -0.25) is 4.90 Å². The minimum absolute atomic E-state index is 0.513. The summed E-state index contributed by atoms with van der Waals surface area (Å²) < 4.78 is 10.4. The van der Waals surface area contributed by atoms with Crippen LogP contribution in [0.1, 0.15) is 33.3 Å². The minimum atomic E-state index is -0.838. The van der Waals surface area contributed by atoms with Crippen LogP contribution in [0.5, 0.6) is 0 Å². The fourth-order valence-corrected chi connectivity index (χ4v) is 2.84. The minimum Gasteiger partial charge on any atom is -0.467 e. The molecule has 0 aliphatic rings. The van der Waals surface area contributed by atoms with Gasteiger partial charge in [0.25, 0.3) is 0 Å². The predicted molar refractivity (Wildman–Crippen MR) is 107 cm³/mol. The molecule has 0 N–H and O–H groups in total. The number of hydrogen-bond acceptors (Lipinski definition) is 4. The zero-order valence-electron chi connectivity index (χ0n) is 16.8. The molecule has 0 spiro atoms. The van der Waals surface area contributed by atoms with Crippen LogP contribution in [-0.2, 0) is 14.3 Å². The average Bonchev–Trinajstić information content (AvgIpc) is 2.60. The molecule has 144 valence electrons. The number of carbonyl (C=O) groups excluding carboxylic acids is 2. The molecule has 0 aromatic heterocycles. The van der Waals surface area contributed by atoms with Crippen molar-refractivity contribution in [3.63, 3.8) is 0 Å². The van der Waals surface area contributed by atoms with Gasteiger partial charge in [-0.15, -0.1) is 0 Å². The van der Waals surface area contributed by atoms with Gasteiger partial charge in [-0.2, -0.15) is 0 Å². The first-order valence-corrected chi connectivity index (χ1v) is 8.91. The van der Waals surface area contributed by atoms with Crippen LogP contribution in [-0.4, -0.2) is 30.8 Å². The van der Waals surface area contributed by atoms with Gasteiger partial charge in [0.05, 0.1) is 12.8 Å². The van der Waals surface area contributed by atoms with E-state index in [9.17, 15) is 9.59 Å². The monoisotopic (exact) mass is 369 g/mol. The first-order valence-electron chi connectivity index (χ1n) is 8.91. The molecule has 0 radical (unpaired) electrons. The van der Waals surface area contributed by atoms with Crippen LogP contribution in [0.3, 0.4) is 0 Å². The third-order valence-corrected chi connectivity index (χ3v) is 4.12. The van der Waals surface area contributed by atoms with Crippen molar-refractivity contribution in [2.75, 3.05) is 12.0 Å². The third kappa shape index (κ3) is 4.88. The highest BCUT2D eigenvalue weighted by atomic mass is 16.6. The Morgan fingerprint density at radius 3 is 2.07 bits per heavy atom. The van der Waals surface area contributed by atoms with Crippen molar-refractivity contribution in [1.29, 1.82) is 0 Å². The highest BCUT2D eigenvalue weighted by Crippen LogP contribution is 2.34. The lowest BCUT2D eigenvalue weighted by Gasteiger charge is -2.32. The Kier molecular flexibility index (Phi) is 6.26. The van der Waals surface area contributed by atoms with Crippen molar-refractivity contribution < 1.29 is 19.1 Å². The van der Waals surface area contributed by atoms with Crippen LogP contribution < -0.4 is 4.90 Å². The molecule has 2 aromatic rings. The van der Waals surface area contributed by atoms with Crippen molar-refractivity contribution in [1.82, 2.24) is 0 Å². The second-order valence-electron chi connectivity index (χ2n) is 7.38. The normalized spacial score (nSPS) is 12.2. The molecule has 0 aliphatic heterocycles. The molecule has 5 heteroatoms. The van der Waals surface area contributed by atoms with Gasteiger partial charge in [0.1, 0.15) is 11.6 Å². The molecule has 1 amide bonds. The van der Waals surface area contributed by atoms with Crippen LogP contribution in [0, 0.1) is 6.92 Å². The zero-order valence-corrected chi connectivity index (χ0v) is 16.8. The highest BCUT2D eigenvalue weighted by molar-refractivity contribution is 5.99. The number of esters is 1. The Balaban J connectivity index is 2.61. The number of ether oxygens (including phenoxy) is 2. The Morgan fingerprint density at radius 2 is 1.52 bits per heavy atom. The number of rotatable bonds is 4. The summed E-state index contributed by atoms with van der Waals surface area (Å²) in [7, 11) is 1.30. The zero-order chi connectivity index (χ0) is 20.2. The molecule has 0 saturated carbocycles. The fraction of sp³-hybridized carbons (Fsp3) is 0.364. The number of hydrogen-bond donors (Lipinski definition) is 0. The Morgan fingerprint density at radius 1 is 0.963 bits per heavy atom. The van der Waals surface area contributed by atoms with E-state index in [-0.39, 0.29) is 0 Å². The summed E-state index contributed by atoms with van der Waals surface area (Å²) in [6.07, 6.45) is -0.596. The molecule has 0 bridgehead atoms. The summed E-state index contributed by atoms with van der Waals surface area (Å²) in [6, 6.07) is 14.5. The van der Waals surface area contributed by atoms with E-state index in [4.69, 9.17) is 9.47 Å². The number of anilines is 1. The maximum atomic E-state index is 13.0. The topological polar surface area (TPSA) is 55.8 Å². The molecule has 0 fully saturated rings. The first kappa shape index (κ1) is 20.5. The summed E-state index contributed by atoms with van der Waals surface area (Å²) in [5.41, 5.74) is 2.80. The lowest BCUT2D eigenvalue weighted by molar-refractivity contribution is -0.141. The van der Waals surface area contributed by atoms with Crippen LogP contribution in [0.15, 0.2) is 48.5 Å². The summed E-state index contributed by atoms with van der Waals surface area (Å²) in [5.74, 6) is -0.513. The number of aryl methyl sites for hydroxylation is 1. The van der Waals surface area contributed by atoms with Crippen molar-refractivity contribution in [3.8, 4) is 11.1 Å². The molecule has 2 rings (SSSR count). The first-order chi connectivity index (χ1) is 12.7. The lowest BCUT2D eigenvalue weighted by Crippen LogP contribution is -2.46. The van der Waals surface area contributed by atoms with Crippen LogP contribution in [0.25, 0.3) is 11.1 Å². The van der Waals surface area contributed by atoms with E-state index >= 15 is 0 Å². The van der Waals surface area contributed by atoms with Gasteiger partial charge in [0, 0.05) is 5.56 Å². The van der Waals surface area contributed by atoms with E-state index in [1.165, 1.54) is 12.0 Å². The molecule has 1 atom stereocenters. The van der Waals surface area contributed by atoms with E-state index in [2.05, 4.69) is 0 Å². The van der Waals surface area contributed by atoms with E-state index < -0.39 is 23.7 Å². The molecule has 5 nitrogen and oxygen atoms in total. The van der Waals surface area contributed by atoms with E-state index in [1.54, 1.807) is 27.7 Å². The van der Waals surface area contributed by atoms with Crippen molar-refractivity contribution in [2.45, 2.75) is 46.3 Å². The van der Waals surface area contributed by atoms with Gasteiger partial charge in [-0.1, -0.05) is 42.5 Å². The van der Waals surface area contributed by atoms with E-state index in [0.717, 1.165) is 16.7 Å². The SMILES string of the molecule is COC(=O)[C@H](C)N(C(=O)OC(C)(C)C)c1ccccc1-c1ccccc1C. The molecule has 27 heavy (non-hydrogen) atoms. The highest BCUT2D eigenvalue weighted by Gasteiger charge is 2.33. The number of carbonyl (C=O) groups is 2.